The molecule has 0 aliphatic carbocycles. The Balaban J connectivity index is 1.48. The topological polar surface area (TPSA) is 16.1 Å². The second-order valence-electron chi connectivity index (χ2n) is 6.75. The van der Waals surface area contributed by atoms with Crippen molar-refractivity contribution in [3.05, 3.63) is 72.4 Å². The number of anilines is 1. The third-order valence-electron chi connectivity index (χ3n) is 5.15. The number of fused-ring (bicyclic) bond motifs is 1. The van der Waals surface area contributed by atoms with Gasteiger partial charge in [-0.05, 0) is 60.6 Å². The molecule has 0 bridgehead atoms. The lowest BCUT2D eigenvalue weighted by atomic mass is 9.95. The van der Waals surface area contributed by atoms with Crippen molar-refractivity contribution in [1.82, 2.24) is 4.98 Å². The molecule has 1 aromatic heterocycles. The van der Waals surface area contributed by atoms with Gasteiger partial charge in [0.1, 0.15) is 5.82 Å². The van der Waals surface area contributed by atoms with E-state index in [9.17, 15) is 0 Å². The zero-order chi connectivity index (χ0) is 16.2. The van der Waals surface area contributed by atoms with Crippen molar-refractivity contribution < 1.29 is 0 Å². The summed E-state index contributed by atoms with van der Waals surface area (Å²) in [5, 5.41) is 2.68. The minimum atomic E-state index is 0.611. The molecule has 2 heterocycles. The van der Waals surface area contributed by atoms with Crippen LogP contribution in [0, 0.1) is 0 Å². The van der Waals surface area contributed by atoms with Crippen LogP contribution in [-0.2, 0) is 6.42 Å². The third kappa shape index (κ3) is 3.28. The number of benzene rings is 2. The Morgan fingerprint density at radius 3 is 2.67 bits per heavy atom. The van der Waals surface area contributed by atoms with Gasteiger partial charge in [0.05, 0.1) is 0 Å². The lowest BCUT2D eigenvalue weighted by molar-refractivity contribution is 0.435. The molecule has 1 saturated heterocycles. The molecule has 3 aromatic rings. The summed E-state index contributed by atoms with van der Waals surface area (Å²) in [6.07, 6.45) is 8.15. The summed E-state index contributed by atoms with van der Waals surface area (Å²) in [6.45, 7) is 1.14. The predicted octanol–water partition coefficient (Wildman–Crippen LogP) is 5.23. The summed E-state index contributed by atoms with van der Waals surface area (Å²) in [5.74, 6) is 1.14. The standard InChI is InChI=1S/C22H24N2/c1-2-8-20-17-18(11-13-19(20)7-1)12-14-21-9-4-6-16-24(21)22-10-3-5-15-23-22/h1-3,5,7-8,10-11,13,15,17,21H,4,6,9,12,14,16H2. The highest BCUT2D eigenvalue weighted by Crippen LogP contribution is 2.26. The fraction of sp³-hybridized carbons (Fsp3) is 0.318. The minimum absolute atomic E-state index is 0.611. The fourth-order valence-electron chi connectivity index (χ4n) is 3.85. The smallest absolute Gasteiger partial charge is 0.128 e. The third-order valence-corrected chi connectivity index (χ3v) is 5.15. The van der Waals surface area contributed by atoms with Crippen molar-refractivity contribution in [2.24, 2.45) is 0 Å². The lowest BCUT2D eigenvalue weighted by Gasteiger charge is -2.37. The Bertz CT molecular complexity index is 797. The van der Waals surface area contributed by atoms with Crippen molar-refractivity contribution in [2.45, 2.75) is 38.1 Å². The van der Waals surface area contributed by atoms with Crippen molar-refractivity contribution in [3.8, 4) is 0 Å². The molecule has 1 aliphatic heterocycles. The molecule has 0 N–H and O–H groups in total. The summed E-state index contributed by atoms with van der Waals surface area (Å²) < 4.78 is 0. The molecule has 0 amide bonds. The normalized spacial score (nSPS) is 18.0. The second-order valence-corrected chi connectivity index (χ2v) is 6.75. The summed E-state index contributed by atoms with van der Waals surface area (Å²) in [6, 6.07) is 22.4. The Morgan fingerprint density at radius 2 is 1.79 bits per heavy atom. The number of hydrogen-bond donors (Lipinski definition) is 0. The first kappa shape index (κ1) is 15.2. The van der Waals surface area contributed by atoms with Gasteiger partial charge >= 0.3 is 0 Å². The average molecular weight is 316 g/mol. The Kier molecular flexibility index (Phi) is 4.46. The number of aromatic nitrogens is 1. The molecule has 1 unspecified atom stereocenters. The molecule has 122 valence electrons. The molecule has 2 heteroatoms. The fourth-order valence-corrected chi connectivity index (χ4v) is 3.85. The highest BCUT2D eigenvalue weighted by molar-refractivity contribution is 5.82. The SMILES string of the molecule is c1ccc(N2CCCCC2CCc2ccc3ccccc3c2)nc1. The zero-order valence-corrected chi connectivity index (χ0v) is 14.1. The molecular formula is C22H24N2. The van der Waals surface area contributed by atoms with E-state index >= 15 is 0 Å². The quantitative estimate of drug-likeness (QED) is 0.655. The van der Waals surface area contributed by atoms with E-state index in [4.69, 9.17) is 0 Å². The number of rotatable bonds is 4. The summed E-state index contributed by atoms with van der Waals surface area (Å²) in [7, 11) is 0. The van der Waals surface area contributed by atoms with Crippen molar-refractivity contribution in [3.63, 3.8) is 0 Å². The first-order valence-corrected chi connectivity index (χ1v) is 9.05. The van der Waals surface area contributed by atoms with E-state index in [1.54, 1.807) is 0 Å². The molecule has 2 aromatic carbocycles. The van der Waals surface area contributed by atoms with Crippen molar-refractivity contribution >= 4 is 16.6 Å². The lowest BCUT2D eigenvalue weighted by Crippen LogP contribution is -2.40. The number of aryl methyl sites for hydroxylation is 1. The maximum Gasteiger partial charge on any atom is 0.128 e. The maximum atomic E-state index is 4.57. The highest BCUT2D eigenvalue weighted by atomic mass is 15.2. The summed E-state index contributed by atoms with van der Waals surface area (Å²) >= 11 is 0. The molecule has 2 nitrogen and oxygen atoms in total. The van der Waals surface area contributed by atoms with Gasteiger partial charge in [-0.3, -0.25) is 0 Å². The Morgan fingerprint density at radius 1 is 0.917 bits per heavy atom. The first-order chi connectivity index (χ1) is 11.9. The number of piperidine rings is 1. The van der Waals surface area contributed by atoms with Gasteiger partial charge in [-0.2, -0.15) is 0 Å². The number of nitrogens with zero attached hydrogens (tertiary/aromatic N) is 2. The van der Waals surface area contributed by atoms with E-state index in [1.165, 1.54) is 42.0 Å². The molecule has 24 heavy (non-hydrogen) atoms. The second kappa shape index (κ2) is 7.04. The number of hydrogen-bond acceptors (Lipinski definition) is 2. The van der Waals surface area contributed by atoms with Crippen molar-refractivity contribution in [1.29, 1.82) is 0 Å². The van der Waals surface area contributed by atoms with E-state index in [0.717, 1.165) is 18.8 Å². The van der Waals surface area contributed by atoms with Gasteiger partial charge in [0, 0.05) is 18.8 Å². The molecule has 1 aliphatic rings. The van der Waals surface area contributed by atoms with Crippen LogP contribution in [0.2, 0.25) is 0 Å². The van der Waals surface area contributed by atoms with E-state index in [1.807, 2.05) is 12.3 Å². The van der Waals surface area contributed by atoms with Crippen LogP contribution in [0.5, 0.6) is 0 Å². The molecule has 0 spiro atoms. The van der Waals surface area contributed by atoms with Gasteiger partial charge in [-0.25, -0.2) is 4.98 Å². The maximum absolute atomic E-state index is 4.57. The van der Waals surface area contributed by atoms with Gasteiger partial charge < -0.3 is 4.90 Å². The van der Waals surface area contributed by atoms with Crippen LogP contribution in [0.3, 0.4) is 0 Å². The first-order valence-electron chi connectivity index (χ1n) is 9.05. The zero-order valence-electron chi connectivity index (χ0n) is 14.1. The van der Waals surface area contributed by atoms with Crippen LogP contribution < -0.4 is 4.90 Å². The van der Waals surface area contributed by atoms with E-state index < -0.39 is 0 Å². The molecular weight excluding hydrogens is 292 g/mol. The monoisotopic (exact) mass is 316 g/mol. The molecule has 4 rings (SSSR count). The summed E-state index contributed by atoms with van der Waals surface area (Å²) in [5.41, 5.74) is 1.44. The number of pyridine rings is 1. The van der Waals surface area contributed by atoms with Gasteiger partial charge in [-0.15, -0.1) is 0 Å². The predicted molar refractivity (Wildman–Crippen MR) is 101 cm³/mol. The van der Waals surface area contributed by atoms with Gasteiger partial charge in [0.2, 0.25) is 0 Å². The Labute approximate surface area is 144 Å². The van der Waals surface area contributed by atoms with Crippen LogP contribution >= 0.6 is 0 Å². The van der Waals surface area contributed by atoms with Crippen LogP contribution in [0.25, 0.3) is 10.8 Å². The highest BCUT2D eigenvalue weighted by Gasteiger charge is 2.23. The van der Waals surface area contributed by atoms with E-state index in [-0.39, 0.29) is 0 Å². The molecule has 1 atom stereocenters. The van der Waals surface area contributed by atoms with Gasteiger partial charge in [0.25, 0.3) is 0 Å². The van der Waals surface area contributed by atoms with E-state index in [0.29, 0.717) is 6.04 Å². The largest absolute Gasteiger partial charge is 0.354 e. The van der Waals surface area contributed by atoms with Crippen molar-refractivity contribution in [2.75, 3.05) is 11.4 Å². The van der Waals surface area contributed by atoms with Crippen LogP contribution in [0.15, 0.2) is 66.9 Å². The summed E-state index contributed by atoms with van der Waals surface area (Å²) in [4.78, 5) is 7.09. The van der Waals surface area contributed by atoms with Gasteiger partial charge in [-0.1, -0.05) is 48.5 Å². The van der Waals surface area contributed by atoms with Crippen LogP contribution in [-0.4, -0.2) is 17.6 Å². The molecule has 0 radical (unpaired) electrons. The van der Waals surface area contributed by atoms with Crippen LogP contribution in [0.4, 0.5) is 5.82 Å². The molecule has 0 saturated carbocycles. The van der Waals surface area contributed by atoms with Crippen LogP contribution in [0.1, 0.15) is 31.2 Å². The average Bonchev–Trinajstić information content (AvgIpc) is 2.67. The molecule has 1 fully saturated rings. The Hall–Kier alpha value is -2.35. The van der Waals surface area contributed by atoms with Gasteiger partial charge in [0.15, 0.2) is 0 Å². The van der Waals surface area contributed by atoms with E-state index in [2.05, 4.69) is 64.5 Å². The minimum Gasteiger partial charge on any atom is -0.354 e.